The fraction of sp³-hybridized carbons (Fsp3) is 0.154. The molecule has 0 atom stereocenters. The molecule has 8 heteroatoms. The lowest BCUT2D eigenvalue weighted by atomic mass is 10.3. The van der Waals surface area contributed by atoms with Gasteiger partial charge in [0, 0.05) is 0 Å². The number of fused-ring (bicyclic) bond motifs is 1. The molecular weight excluding hydrogens is 331 g/mol. The third-order valence-corrected chi connectivity index (χ3v) is 4.25. The maximum Gasteiger partial charge on any atom is 0.263 e. The van der Waals surface area contributed by atoms with Crippen LogP contribution in [-0.2, 0) is 0 Å². The van der Waals surface area contributed by atoms with Gasteiger partial charge in [-0.15, -0.1) is 11.8 Å². The van der Waals surface area contributed by atoms with Gasteiger partial charge in [0.25, 0.3) is 5.56 Å². The van der Waals surface area contributed by atoms with Crippen molar-refractivity contribution in [1.29, 1.82) is 0 Å². The lowest BCUT2D eigenvalue weighted by Gasteiger charge is -2.07. The normalized spacial score (nSPS) is 11.2. The molecule has 0 bridgehead atoms. The summed E-state index contributed by atoms with van der Waals surface area (Å²) in [6, 6.07) is 5.19. The number of aromatic nitrogens is 4. The Kier molecular flexibility index (Phi) is 3.69. The number of nitrogens with one attached hydrogen (secondary N) is 1. The maximum absolute atomic E-state index is 12.2. The Hall–Kier alpha value is -1.50. The monoisotopic (exact) mass is 340 g/mol. The van der Waals surface area contributed by atoms with Crippen molar-refractivity contribution in [1.82, 2.24) is 19.7 Å². The molecule has 0 amide bonds. The Morgan fingerprint density at radius 2 is 1.95 bits per heavy atom. The van der Waals surface area contributed by atoms with E-state index in [0.29, 0.717) is 37.6 Å². The fourth-order valence-electron chi connectivity index (χ4n) is 2.10. The summed E-state index contributed by atoms with van der Waals surface area (Å²) in [6.07, 6.45) is 1.85. The van der Waals surface area contributed by atoms with Crippen molar-refractivity contribution in [2.75, 3.05) is 6.26 Å². The molecule has 0 saturated heterocycles. The highest BCUT2D eigenvalue weighted by atomic mass is 35.5. The average molecular weight is 341 g/mol. The summed E-state index contributed by atoms with van der Waals surface area (Å²) >= 11 is 13.8. The summed E-state index contributed by atoms with van der Waals surface area (Å²) in [5.41, 5.74) is 0.732. The molecule has 0 aliphatic heterocycles. The number of nitrogens with zero attached hydrogens (tertiary/aromatic N) is 3. The highest BCUT2D eigenvalue weighted by Gasteiger charge is 2.19. The Morgan fingerprint density at radius 3 is 2.57 bits per heavy atom. The van der Waals surface area contributed by atoms with Crippen LogP contribution in [0.15, 0.2) is 28.0 Å². The lowest BCUT2D eigenvalue weighted by molar-refractivity contribution is 0.849. The van der Waals surface area contributed by atoms with Crippen LogP contribution < -0.4 is 5.56 Å². The molecule has 0 unspecified atom stereocenters. The van der Waals surface area contributed by atoms with Gasteiger partial charge in [-0.05, 0) is 25.3 Å². The molecule has 2 heterocycles. The SMILES string of the molecule is CSc1nn(-c2c(Cl)cccc2Cl)c2nc(C)[nH]c(=O)c12. The molecular formula is C13H10Cl2N4OS. The van der Waals surface area contributed by atoms with Crippen molar-refractivity contribution in [3.8, 4) is 5.69 Å². The minimum atomic E-state index is -0.226. The predicted octanol–water partition coefficient (Wildman–Crippen LogP) is 3.45. The second kappa shape index (κ2) is 5.36. The molecule has 0 aliphatic carbocycles. The fourth-order valence-corrected chi connectivity index (χ4v) is 3.20. The van der Waals surface area contributed by atoms with Gasteiger partial charge >= 0.3 is 0 Å². The summed E-state index contributed by atoms with van der Waals surface area (Å²) in [7, 11) is 0. The summed E-state index contributed by atoms with van der Waals surface area (Å²) in [5, 5.41) is 6.33. The quantitative estimate of drug-likeness (QED) is 0.725. The van der Waals surface area contributed by atoms with Crippen molar-refractivity contribution in [2.45, 2.75) is 11.9 Å². The molecule has 3 aromatic rings. The minimum Gasteiger partial charge on any atom is -0.310 e. The van der Waals surface area contributed by atoms with Crippen molar-refractivity contribution >= 4 is 46.0 Å². The van der Waals surface area contributed by atoms with Crippen LogP contribution in [0.3, 0.4) is 0 Å². The molecule has 0 saturated carbocycles. The van der Waals surface area contributed by atoms with E-state index in [0.717, 1.165) is 0 Å². The van der Waals surface area contributed by atoms with E-state index in [1.54, 1.807) is 25.1 Å². The van der Waals surface area contributed by atoms with Crippen LogP contribution in [0.5, 0.6) is 0 Å². The van der Waals surface area contributed by atoms with Gasteiger partial charge in [0.15, 0.2) is 5.65 Å². The first-order valence-corrected chi connectivity index (χ1v) is 7.99. The Labute approximate surface area is 134 Å². The van der Waals surface area contributed by atoms with Crippen LogP contribution >= 0.6 is 35.0 Å². The van der Waals surface area contributed by atoms with Crippen LogP contribution in [0.4, 0.5) is 0 Å². The zero-order valence-electron chi connectivity index (χ0n) is 11.1. The van der Waals surface area contributed by atoms with Gasteiger partial charge in [-0.2, -0.15) is 5.10 Å². The second-order valence-electron chi connectivity index (χ2n) is 4.34. The third-order valence-electron chi connectivity index (χ3n) is 2.97. The number of hydrogen-bond acceptors (Lipinski definition) is 4. The second-order valence-corrected chi connectivity index (χ2v) is 5.95. The van der Waals surface area contributed by atoms with E-state index in [1.165, 1.54) is 16.4 Å². The van der Waals surface area contributed by atoms with Crippen molar-refractivity contribution < 1.29 is 0 Å². The van der Waals surface area contributed by atoms with E-state index in [2.05, 4.69) is 15.1 Å². The molecule has 108 valence electrons. The zero-order chi connectivity index (χ0) is 15.1. The van der Waals surface area contributed by atoms with E-state index in [9.17, 15) is 4.79 Å². The molecule has 21 heavy (non-hydrogen) atoms. The van der Waals surface area contributed by atoms with Gasteiger partial charge in [-0.25, -0.2) is 9.67 Å². The molecule has 0 radical (unpaired) electrons. The smallest absolute Gasteiger partial charge is 0.263 e. The van der Waals surface area contributed by atoms with Gasteiger partial charge in [-0.1, -0.05) is 29.3 Å². The standard InChI is InChI=1S/C13H10Cl2N4OS/c1-6-16-11-9(12(20)17-6)13(21-2)18-19(11)10-7(14)4-3-5-8(10)15/h3-5H,1-2H3,(H,16,17,20). The molecule has 0 aliphatic rings. The van der Waals surface area contributed by atoms with Crippen molar-refractivity contribution in [3.63, 3.8) is 0 Å². The van der Waals surface area contributed by atoms with Crippen LogP contribution in [0.25, 0.3) is 16.7 Å². The van der Waals surface area contributed by atoms with Gasteiger partial charge < -0.3 is 4.98 Å². The highest BCUT2D eigenvalue weighted by Crippen LogP contribution is 2.32. The average Bonchev–Trinajstić information content (AvgIpc) is 2.77. The number of para-hydroxylation sites is 1. The summed E-state index contributed by atoms with van der Waals surface area (Å²) in [6.45, 7) is 1.71. The van der Waals surface area contributed by atoms with E-state index < -0.39 is 0 Å². The number of benzene rings is 1. The highest BCUT2D eigenvalue weighted by molar-refractivity contribution is 7.98. The first kappa shape index (κ1) is 14.4. The Balaban J connectivity index is 2.47. The van der Waals surface area contributed by atoms with E-state index in [4.69, 9.17) is 23.2 Å². The molecule has 3 rings (SSSR count). The maximum atomic E-state index is 12.2. The third kappa shape index (κ3) is 2.33. The first-order chi connectivity index (χ1) is 10.0. The number of aryl methyl sites for hydroxylation is 1. The topological polar surface area (TPSA) is 63.6 Å². The molecule has 2 aromatic heterocycles. The number of halogens is 2. The number of H-pyrrole nitrogens is 1. The number of thioether (sulfide) groups is 1. The minimum absolute atomic E-state index is 0.226. The van der Waals surface area contributed by atoms with Crippen LogP contribution in [0.1, 0.15) is 5.82 Å². The zero-order valence-corrected chi connectivity index (χ0v) is 13.5. The summed E-state index contributed by atoms with van der Waals surface area (Å²) in [5.74, 6) is 0.504. The predicted molar refractivity (Wildman–Crippen MR) is 86.0 cm³/mol. The van der Waals surface area contributed by atoms with E-state index >= 15 is 0 Å². The Bertz CT molecular complexity index is 883. The van der Waals surface area contributed by atoms with Crippen LogP contribution in [-0.4, -0.2) is 26.0 Å². The largest absolute Gasteiger partial charge is 0.310 e. The number of rotatable bonds is 2. The van der Waals surface area contributed by atoms with Gasteiger partial charge in [-0.3, -0.25) is 4.79 Å². The van der Waals surface area contributed by atoms with E-state index in [1.807, 2.05) is 6.26 Å². The molecule has 0 fully saturated rings. The van der Waals surface area contributed by atoms with Gasteiger partial charge in [0.05, 0.1) is 10.0 Å². The lowest BCUT2D eigenvalue weighted by Crippen LogP contribution is -2.10. The van der Waals surface area contributed by atoms with Gasteiger partial charge in [0.2, 0.25) is 0 Å². The van der Waals surface area contributed by atoms with Crippen molar-refractivity contribution in [3.05, 3.63) is 44.4 Å². The first-order valence-electron chi connectivity index (χ1n) is 6.01. The summed E-state index contributed by atoms with van der Waals surface area (Å²) < 4.78 is 1.52. The van der Waals surface area contributed by atoms with Crippen molar-refractivity contribution in [2.24, 2.45) is 0 Å². The van der Waals surface area contributed by atoms with Crippen LogP contribution in [0, 0.1) is 6.92 Å². The van der Waals surface area contributed by atoms with Gasteiger partial charge in [0.1, 0.15) is 21.9 Å². The molecule has 5 nitrogen and oxygen atoms in total. The van der Waals surface area contributed by atoms with Crippen LogP contribution in [0.2, 0.25) is 10.0 Å². The molecule has 1 N–H and O–H groups in total. The summed E-state index contributed by atoms with van der Waals surface area (Å²) in [4.78, 5) is 19.2. The Morgan fingerprint density at radius 1 is 1.29 bits per heavy atom. The molecule has 1 aromatic carbocycles. The number of hydrogen-bond donors (Lipinski definition) is 1. The molecule has 0 spiro atoms. The number of aromatic amines is 1. The van der Waals surface area contributed by atoms with E-state index in [-0.39, 0.29) is 5.56 Å².